The Morgan fingerprint density at radius 2 is 1.04 bits per heavy atom. The summed E-state index contributed by atoms with van der Waals surface area (Å²) in [6, 6.07) is 0. The predicted molar refractivity (Wildman–Crippen MR) is 117 cm³/mol. The van der Waals surface area contributed by atoms with E-state index in [1.54, 1.807) is 0 Å². The van der Waals surface area contributed by atoms with E-state index in [2.05, 4.69) is 6.92 Å². The number of carbonyl (C=O) groups is 2. The van der Waals surface area contributed by atoms with Gasteiger partial charge in [0.2, 0.25) is 0 Å². The molecule has 0 amide bonds. The van der Waals surface area contributed by atoms with E-state index in [1.807, 2.05) is 0 Å². The van der Waals surface area contributed by atoms with Gasteiger partial charge in [0.15, 0.2) is 0 Å². The van der Waals surface area contributed by atoms with Gasteiger partial charge in [0, 0.05) is 6.42 Å². The van der Waals surface area contributed by atoms with Crippen molar-refractivity contribution in [2.24, 2.45) is 5.92 Å². The Hall–Kier alpha value is -1.06. The van der Waals surface area contributed by atoms with Crippen LogP contribution in [-0.2, 0) is 9.59 Å². The normalized spacial score (nSPS) is 14.3. The molecule has 1 saturated carbocycles. The zero-order valence-electron chi connectivity index (χ0n) is 18.4. The summed E-state index contributed by atoms with van der Waals surface area (Å²) < 4.78 is 0. The predicted octanol–water partition coefficient (Wildman–Crippen LogP) is 7.59. The van der Waals surface area contributed by atoms with E-state index < -0.39 is 11.9 Å². The maximum absolute atomic E-state index is 10.4. The van der Waals surface area contributed by atoms with Crippen LogP contribution in [-0.4, -0.2) is 22.2 Å². The van der Waals surface area contributed by atoms with E-state index in [-0.39, 0.29) is 5.92 Å². The smallest absolute Gasteiger partial charge is 0.306 e. The van der Waals surface area contributed by atoms with Crippen molar-refractivity contribution in [3.8, 4) is 0 Å². The van der Waals surface area contributed by atoms with Gasteiger partial charge in [-0.05, 0) is 19.3 Å². The maximum atomic E-state index is 10.4. The van der Waals surface area contributed by atoms with Crippen molar-refractivity contribution in [1.29, 1.82) is 0 Å². The summed E-state index contributed by atoms with van der Waals surface area (Å²) in [6.07, 6.45) is 24.0. The molecule has 0 spiro atoms. The lowest BCUT2D eigenvalue weighted by Crippen LogP contribution is -2.16. The van der Waals surface area contributed by atoms with Gasteiger partial charge in [-0.2, -0.15) is 0 Å². The minimum Gasteiger partial charge on any atom is -0.481 e. The van der Waals surface area contributed by atoms with Crippen molar-refractivity contribution in [2.75, 3.05) is 0 Å². The zero-order chi connectivity index (χ0) is 20.9. The van der Waals surface area contributed by atoms with Gasteiger partial charge in [0.1, 0.15) is 0 Å². The van der Waals surface area contributed by atoms with Gasteiger partial charge in [-0.25, -0.2) is 0 Å². The third kappa shape index (κ3) is 19.7. The van der Waals surface area contributed by atoms with E-state index >= 15 is 0 Å². The fourth-order valence-electron chi connectivity index (χ4n) is 3.82. The van der Waals surface area contributed by atoms with Crippen LogP contribution in [0.4, 0.5) is 0 Å². The molecule has 0 radical (unpaired) electrons. The second-order valence-corrected chi connectivity index (χ2v) is 8.41. The highest BCUT2D eigenvalue weighted by Crippen LogP contribution is 2.23. The summed E-state index contributed by atoms with van der Waals surface area (Å²) in [5, 5.41) is 17.0. The highest BCUT2D eigenvalue weighted by molar-refractivity contribution is 5.69. The van der Waals surface area contributed by atoms with Gasteiger partial charge in [-0.1, -0.05) is 110 Å². The third-order valence-corrected chi connectivity index (χ3v) is 5.70. The van der Waals surface area contributed by atoms with Crippen molar-refractivity contribution in [2.45, 2.75) is 135 Å². The number of carboxylic acids is 2. The number of unbranched alkanes of at least 4 members (excludes halogenated alkanes) is 13. The molecule has 2 N–H and O–H groups in total. The molecule has 28 heavy (non-hydrogen) atoms. The lowest BCUT2D eigenvalue weighted by Gasteiger charge is -2.16. The Balaban J connectivity index is 0.000000668. The molecule has 0 aromatic rings. The van der Waals surface area contributed by atoms with Gasteiger partial charge >= 0.3 is 11.9 Å². The van der Waals surface area contributed by atoms with Crippen LogP contribution in [0.1, 0.15) is 135 Å². The number of aliphatic carboxylic acids is 2. The first-order valence-corrected chi connectivity index (χ1v) is 12.0. The summed E-state index contributed by atoms with van der Waals surface area (Å²) in [5.74, 6) is -1.28. The second-order valence-electron chi connectivity index (χ2n) is 8.41. The monoisotopic (exact) mass is 398 g/mol. The number of carboxylic acid groups (broad SMARTS) is 2. The average Bonchev–Trinajstić information content (AvgIpc) is 2.69. The lowest BCUT2D eigenvalue weighted by atomic mass is 9.90. The molecule has 0 atom stereocenters. The highest BCUT2D eigenvalue weighted by atomic mass is 16.4. The molecule has 0 bridgehead atoms. The number of hydrogen-bond donors (Lipinski definition) is 2. The van der Waals surface area contributed by atoms with Gasteiger partial charge < -0.3 is 10.2 Å². The first-order chi connectivity index (χ1) is 13.6. The summed E-state index contributed by atoms with van der Waals surface area (Å²) in [5.41, 5.74) is 0. The maximum Gasteiger partial charge on any atom is 0.306 e. The van der Waals surface area contributed by atoms with Crippen molar-refractivity contribution < 1.29 is 19.8 Å². The van der Waals surface area contributed by atoms with Crippen molar-refractivity contribution in [3.63, 3.8) is 0 Å². The topological polar surface area (TPSA) is 74.6 Å². The molecule has 1 aliphatic rings. The Kier molecular flexibility index (Phi) is 19.9. The SMILES string of the molecule is CCCCCCCCCCCCCCCCC(=O)O.O=C(O)C1CCCCC1. The van der Waals surface area contributed by atoms with Gasteiger partial charge in [0.25, 0.3) is 0 Å². The molecular weight excluding hydrogens is 352 g/mol. The Morgan fingerprint density at radius 1 is 0.643 bits per heavy atom. The fraction of sp³-hybridized carbons (Fsp3) is 0.917. The number of rotatable bonds is 16. The minimum atomic E-state index is -0.654. The van der Waals surface area contributed by atoms with Crippen LogP contribution in [0.15, 0.2) is 0 Å². The Morgan fingerprint density at radius 3 is 1.36 bits per heavy atom. The third-order valence-electron chi connectivity index (χ3n) is 5.70. The largest absolute Gasteiger partial charge is 0.481 e. The first kappa shape index (κ1) is 26.9. The number of hydrogen-bond acceptors (Lipinski definition) is 2. The molecule has 0 unspecified atom stereocenters. The molecule has 4 heteroatoms. The lowest BCUT2D eigenvalue weighted by molar-refractivity contribution is -0.142. The summed E-state index contributed by atoms with van der Waals surface area (Å²) in [6.45, 7) is 2.27. The Labute approximate surface area is 173 Å². The molecule has 166 valence electrons. The van der Waals surface area contributed by atoms with Crippen LogP contribution < -0.4 is 0 Å². The van der Waals surface area contributed by atoms with E-state index in [1.165, 1.54) is 83.5 Å². The average molecular weight is 399 g/mol. The highest BCUT2D eigenvalue weighted by Gasteiger charge is 2.19. The van der Waals surface area contributed by atoms with Crippen LogP contribution in [0.25, 0.3) is 0 Å². The van der Waals surface area contributed by atoms with Crippen LogP contribution in [0.2, 0.25) is 0 Å². The van der Waals surface area contributed by atoms with Crippen LogP contribution in [0.5, 0.6) is 0 Å². The molecule has 1 rings (SSSR count). The van der Waals surface area contributed by atoms with Crippen LogP contribution >= 0.6 is 0 Å². The molecule has 4 nitrogen and oxygen atoms in total. The van der Waals surface area contributed by atoms with Crippen molar-refractivity contribution >= 4 is 11.9 Å². The quantitative estimate of drug-likeness (QED) is 0.263. The van der Waals surface area contributed by atoms with Crippen molar-refractivity contribution in [3.05, 3.63) is 0 Å². The van der Waals surface area contributed by atoms with Gasteiger partial charge in [0.05, 0.1) is 5.92 Å². The summed E-state index contributed by atoms with van der Waals surface area (Å²) in [4.78, 5) is 20.7. The van der Waals surface area contributed by atoms with E-state index in [0.717, 1.165) is 38.5 Å². The summed E-state index contributed by atoms with van der Waals surface area (Å²) in [7, 11) is 0. The summed E-state index contributed by atoms with van der Waals surface area (Å²) >= 11 is 0. The molecule has 0 aliphatic heterocycles. The van der Waals surface area contributed by atoms with E-state index in [4.69, 9.17) is 10.2 Å². The fourth-order valence-corrected chi connectivity index (χ4v) is 3.82. The van der Waals surface area contributed by atoms with Gasteiger partial charge in [-0.3, -0.25) is 9.59 Å². The molecular formula is C24H46O4. The zero-order valence-corrected chi connectivity index (χ0v) is 18.4. The van der Waals surface area contributed by atoms with Crippen LogP contribution in [0.3, 0.4) is 0 Å². The molecule has 1 fully saturated rings. The van der Waals surface area contributed by atoms with Crippen LogP contribution in [0, 0.1) is 5.92 Å². The van der Waals surface area contributed by atoms with Gasteiger partial charge in [-0.15, -0.1) is 0 Å². The van der Waals surface area contributed by atoms with E-state index in [9.17, 15) is 9.59 Å². The minimum absolute atomic E-state index is 0.0289. The standard InChI is InChI=1S/C17H34O2.C7H12O2/c1-2-3-4-5-6-7-8-9-10-11-12-13-14-15-16-17(18)19;8-7(9)6-4-2-1-3-5-6/h2-16H2,1H3,(H,18,19);6H,1-5H2,(H,8,9). The van der Waals surface area contributed by atoms with Crippen molar-refractivity contribution in [1.82, 2.24) is 0 Å². The molecule has 0 heterocycles. The molecule has 1 aliphatic carbocycles. The Bertz CT molecular complexity index is 362. The molecule has 0 aromatic heterocycles. The molecule has 0 saturated heterocycles. The van der Waals surface area contributed by atoms with E-state index in [0.29, 0.717) is 6.42 Å². The first-order valence-electron chi connectivity index (χ1n) is 12.0. The molecule has 0 aromatic carbocycles. The second kappa shape index (κ2) is 20.7.